The number of nitrogens with zero attached hydrogens (tertiary/aromatic N) is 4. The summed E-state index contributed by atoms with van der Waals surface area (Å²) in [7, 11) is 1.89. The second kappa shape index (κ2) is 8.64. The molecule has 5 heteroatoms. The van der Waals surface area contributed by atoms with Crippen LogP contribution in [0.4, 0.5) is 4.79 Å². The van der Waals surface area contributed by atoms with Gasteiger partial charge >= 0.3 is 6.03 Å². The largest absolute Gasteiger partial charge is 0.326 e. The number of carbonyl (C=O) groups is 1. The first-order chi connectivity index (χ1) is 15.1. The number of aryl methyl sites for hydroxylation is 1. The molecule has 2 aliphatic heterocycles. The molecular formula is C26H34N4O. The van der Waals surface area contributed by atoms with E-state index in [0.29, 0.717) is 6.04 Å². The van der Waals surface area contributed by atoms with E-state index in [-0.39, 0.29) is 6.03 Å². The van der Waals surface area contributed by atoms with Crippen molar-refractivity contribution in [2.75, 3.05) is 59.4 Å². The Morgan fingerprint density at radius 3 is 2.39 bits per heavy atom. The second-order valence-electron chi connectivity index (χ2n) is 9.44. The molecule has 2 aromatic carbocycles. The summed E-state index contributed by atoms with van der Waals surface area (Å²) >= 11 is 0. The maximum atomic E-state index is 12.1. The molecule has 0 saturated carbocycles. The average Bonchev–Trinajstić information content (AvgIpc) is 3.01. The van der Waals surface area contributed by atoms with Gasteiger partial charge in [0.05, 0.1) is 0 Å². The van der Waals surface area contributed by atoms with Gasteiger partial charge in [-0.3, -0.25) is 9.80 Å². The summed E-state index contributed by atoms with van der Waals surface area (Å²) in [6.07, 6.45) is 2.14. The van der Waals surface area contributed by atoms with E-state index < -0.39 is 0 Å². The van der Waals surface area contributed by atoms with Gasteiger partial charge in [0.15, 0.2) is 0 Å². The number of likely N-dealkylation sites (N-methyl/N-ethyl adjacent to an activating group) is 1. The van der Waals surface area contributed by atoms with Crippen molar-refractivity contribution in [3.63, 3.8) is 0 Å². The first kappa shape index (κ1) is 20.5. The zero-order valence-corrected chi connectivity index (χ0v) is 18.9. The number of piperazine rings is 1. The molecule has 0 bridgehead atoms. The predicted molar refractivity (Wildman–Crippen MR) is 124 cm³/mol. The van der Waals surface area contributed by atoms with Crippen LogP contribution in [0.25, 0.3) is 0 Å². The molecule has 2 saturated heterocycles. The van der Waals surface area contributed by atoms with Gasteiger partial charge in [-0.15, -0.1) is 0 Å². The Morgan fingerprint density at radius 1 is 0.871 bits per heavy atom. The fourth-order valence-electron chi connectivity index (χ4n) is 5.44. The molecule has 0 spiro atoms. The standard InChI is InChI=1S/C26H34N4O/c1-20-7-8-23-18-21-5-3-4-6-22(21)19-25(24(23)17-20)29-14-10-28(11-15-29)12-16-30-13-9-27(2)26(30)31/h3-8,17,25H,9-16,18-19H2,1-2H3. The van der Waals surface area contributed by atoms with E-state index in [0.717, 1.165) is 65.2 Å². The number of hydrogen-bond donors (Lipinski definition) is 0. The van der Waals surface area contributed by atoms with Gasteiger partial charge in [-0.05, 0) is 42.0 Å². The van der Waals surface area contributed by atoms with E-state index in [4.69, 9.17) is 0 Å². The molecule has 1 unspecified atom stereocenters. The molecule has 2 fully saturated rings. The summed E-state index contributed by atoms with van der Waals surface area (Å²) < 4.78 is 0. The first-order valence-electron chi connectivity index (χ1n) is 11.7. The van der Waals surface area contributed by atoms with Crippen molar-refractivity contribution in [1.29, 1.82) is 0 Å². The smallest absolute Gasteiger partial charge is 0.319 e. The number of fused-ring (bicyclic) bond motifs is 2. The average molecular weight is 419 g/mol. The SMILES string of the molecule is Cc1ccc2c(c1)C(N1CCN(CCN3CCN(C)C3=O)CC1)Cc1ccccc1C2. The lowest BCUT2D eigenvalue weighted by Gasteiger charge is -2.40. The molecule has 31 heavy (non-hydrogen) atoms. The monoisotopic (exact) mass is 418 g/mol. The van der Waals surface area contributed by atoms with Gasteiger partial charge < -0.3 is 9.80 Å². The zero-order valence-electron chi connectivity index (χ0n) is 18.9. The third-order valence-corrected chi connectivity index (χ3v) is 7.41. The molecule has 5 rings (SSSR count). The van der Waals surface area contributed by atoms with Crippen LogP contribution in [-0.2, 0) is 12.8 Å². The normalized spacial score (nSPS) is 22.4. The molecule has 0 N–H and O–H groups in total. The molecule has 1 aliphatic carbocycles. The highest BCUT2D eigenvalue weighted by Gasteiger charge is 2.30. The van der Waals surface area contributed by atoms with Crippen molar-refractivity contribution >= 4 is 6.03 Å². The summed E-state index contributed by atoms with van der Waals surface area (Å²) in [6.45, 7) is 10.1. The van der Waals surface area contributed by atoms with Crippen LogP contribution in [0.15, 0.2) is 42.5 Å². The van der Waals surface area contributed by atoms with Crippen LogP contribution in [0.3, 0.4) is 0 Å². The summed E-state index contributed by atoms with van der Waals surface area (Å²) in [5.41, 5.74) is 7.35. The van der Waals surface area contributed by atoms with E-state index in [9.17, 15) is 4.79 Å². The van der Waals surface area contributed by atoms with Crippen molar-refractivity contribution in [3.05, 3.63) is 70.3 Å². The third kappa shape index (κ3) is 4.21. The molecule has 2 aromatic rings. The highest BCUT2D eigenvalue weighted by Crippen LogP contribution is 2.35. The van der Waals surface area contributed by atoms with Crippen LogP contribution in [0.1, 0.15) is 33.9 Å². The van der Waals surface area contributed by atoms with Crippen LogP contribution in [0.5, 0.6) is 0 Å². The fraction of sp³-hybridized carbons (Fsp3) is 0.500. The molecule has 2 amide bonds. The Labute approximate surface area is 186 Å². The number of benzene rings is 2. The molecule has 3 aliphatic rings. The summed E-state index contributed by atoms with van der Waals surface area (Å²) in [6, 6.07) is 16.7. The quantitative estimate of drug-likeness (QED) is 0.764. The van der Waals surface area contributed by atoms with E-state index in [1.807, 2.05) is 16.8 Å². The third-order valence-electron chi connectivity index (χ3n) is 7.41. The number of rotatable bonds is 4. The van der Waals surface area contributed by atoms with Crippen LogP contribution in [0.2, 0.25) is 0 Å². The molecule has 164 valence electrons. The molecule has 5 nitrogen and oxygen atoms in total. The Balaban J connectivity index is 1.27. The van der Waals surface area contributed by atoms with Gasteiger partial charge in [0.25, 0.3) is 0 Å². The Hall–Kier alpha value is -2.37. The fourth-order valence-corrected chi connectivity index (χ4v) is 5.44. The summed E-state index contributed by atoms with van der Waals surface area (Å²) in [5.74, 6) is 0. The number of hydrogen-bond acceptors (Lipinski definition) is 3. The van der Waals surface area contributed by atoms with Crippen LogP contribution in [0, 0.1) is 6.92 Å². The number of urea groups is 1. The Kier molecular flexibility index (Phi) is 5.72. The first-order valence-corrected chi connectivity index (χ1v) is 11.7. The minimum atomic E-state index is 0.183. The maximum Gasteiger partial charge on any atom is 0.319 e. The van der Waals surface area contributed by atoms with Gasteiger partial charge in [0, 0.05) is 65.4 Å². The van der Waals surface area contributed by atoms with Crippen molar-refractivity contribution in [1.82, 2.24) is 19.6 Å². The van der Waals surface area contributed by atoms with Gasteiger partial charge in [-0.2, -0.15) is 0 Å². The van der Waals surface area contributed by atoms with E-state index >= 15 is 0 Å². The van der Waals surface area contributed by atoms with Gasteiger partial charge in [0.2, 0.25) is 0 Å². The van der Waals surface area contributed by atoms with Crippen molar-refractivity contribution < 1.29 is 4.79 Å². The highest BCUT2D eigenvalue weighted by atomic mass is 16.2. The topological polar surface area (TPSA) is 30.0 Å². The lowest BCUT2D eigenvalue weighted by Crippen LogP contribution is -2.50. The molecule has 2 heterocycles. The summed E-state index contributed by atoms with van der Waals surface area (Å²) in [5, 5.41) is 0. The second-order valence-corrected chi connectivity index (χ2v) is 9.44. The minimum absolute atomic E-state index is 0.183. The van der Waals surface area contributed by atoms with Crippen LogP contribution < -0.4 is 0 Å². The lowest BCUT2D eigenvalue weighted by molar-refractivity contribution is 0.0907. The molecule has 0 aromatic heterocycles. The lowest BCUT2D eigenvalue weighted by atomic mass is 9.94. The van der Waals surface area contributed by atoms with E-state index in [1.54, 1.807) is 0 Å². The Bertz CT molecular complexity index is 950. The van der Waals surface area contributed by atoms with E-state index in [1.165, 1.54) is 27.8 Å². The highest BCUT2D eigenvalue weighted by molar-refractivity contribution is 5.76. The van der Waals surface area contributed by atoms with Crippen molar-refractivity contribution in [3.8, 4) is 0 Å². The van der Waals surface area contributed by atoms with Crippen molar-refractivity contribution in [2.24, 2.45) is 0 Å². The number of amides is 2. The summed E-state index contributed by atoms with van der Waals surface area (Å²) in [4.78, 5) is 21.2. The van der Waals surface area contributed by atoms with E-state index in [2.05, 4.69) is 59.2 Å². The Morgan fingerprint density at radius 2 is 1.65 bits per heavy atom. The minimum Gasteiger partial charge on any atom is -0.326 e. The molecule has 0 radical (unpaired) electrons. The van der Waals surface area contributed by atoms with Crippen molar-refractivity contribution in [2.45, 2.75) is 25.8 Å². The van der Waals surface area contributed by atoms with Crippen LogP contribution >= 0.6 is 0 Å². The maximum absolute atomic E-state index is 12.1. The number of carbonyl (C=O) groups excluding carboxylic acids is 1. The predicted octanol–water partition coefficient (Wildman–Crippen LogP) is 3.17. The van der Waals surface area contributed by atoms with Gasteiger partial charge in [0.1, 0.15) is 0 Å². The van der Waals surface area contributed by atoms with Gasteiger partial charge in [-0.25, -0.2) is 4.79 Å². The zero-order chi connectivity index (χ0) is 21.4. The molecular weight excluding hydrogens is 384 g/mol. The van der Waals surface area contributed by atoms with Gasteiger partial charge in [-0.1, -0.05) is 48.0 Å². The van der Waals surface area contributed by atoms with Crippen LogP contribution in [-0.4, -0.2) is 85.0 Å². The molecule has 1 atom stereocenters.